The van der Waals surface area contributed by atoms with Gasteiger partial charge in [-0.25, -0.2) is 0 Å². The lowest BCUT2D eigenvalue weighted by Gasteiger charge is -2.45. The average molecular weight is 829 g/mol. The molecule has 2 unspecified atom stereocenters. The molecular formula is C54H34B2N2O2S2. The maximum absolute atomic E-state index is 7.22. The van der Waals surface area contributed by atoms with Crippen LogP contribution in [0.3, 0.4) is 0 Å². The molecule has 0 N–H and O–H groups in total. The molecule has 0 spiro atoms. The monoisotopic (exact) mass is 828 g/mol. The molecule has 0 radical (unpaired) electrons. The summed E-state index contributed by atoms with van der Waals surface area (Å²) in [5.41, 5.74) is 14.8. The van der Waals surface area contributed by atoms with Gasteiger partial charge in [-0.05, 0) is 105 Å². The van der Waals surface area contributed by atoms with Crippen LogP contribution in [0.15, 0.2) is 194 Å². The normalized spacial score (nSPS) is 17.4. The summed E-state index contributed by atoms with van der Waals surface area (Å²) in [6.45, 7) is 0.0768. The highest BCUT2D eigenvalue weighted by atomic mass is 32.2. The fourth-order valence-electron chi connectivity index (χ4n) is 11.0. The van der Waals surface area contributed by atoms with Crippen molar-refractivity contribution >= 4 is 112 Å². The number of nitrogens with zero attached hydrogens (tertiary/aromatic N) is 2. The fraction of sp³-hybridized carbons (Fsp3) is 0.0370. The third-order valence-electron chi connectivity index (χ3n) is 13.4. The molecule has 0 aliphatic carbocycles. The molecule has 2 atom stereocenters. The molecule has 0 saturated carbocycles. The van der Waals surface area contributed by atoms with Crippen molar-refractivity contribution in [1.29, 1.82) is 0 Å². The van der Waals surface area contributed by atoms with Crippen LogP contribution in [-0.2, 0) is 0 Å². The molecule has 290 valence electrons. The van der Waals surface area contributed by atoms with Gasteiger partial charge in [-0.3, -0.25) is 0 Å². The second kappa shape index (κ2) is 13.3. The Balaban J connectivity index is 0.999. The van der Waals surface area contributed by atoms with E-state index < -0.39 is 0 Å². The van der Waals surface area contributed by atoms with Gasteiger partial charge in [0.2, 0.25) is 6.71 Å². The Morgan fingerprint density at radius 1 is 0.500 bits per heavy atom. The van der Waals surface area contributed by atoms with E-state index in [0.717, 1.165) is 39.8 Å². The quantitative estimate of drug-likeness (QED) is 0.165. The van der Waals surface area contributed by atoms with E-state index in [9.17, 15) is 0 Å². The summed E-state index contributed by atoms with van der Waals surface area (Å²) in [6, 6.07) is 70.5. The average Bonchev–Trinajstić information content (AvgIpc) is 3.90. The first-order valence-corrected chi connectivity index (χ1v) is 23.0. The predicted molar refractivity (Wildman–Crippen MR) is 263 cm³/mol. The first-order chi connectivity index (χ1) is 30.8. The number of fused-ring (bicyclic) bond motifs is 10. The van der Waals surface area contributed by atoms with Crippen LogP contribution in [0.25, 0.3) is 20.6 Å². The molecule has 1 aromatic heterocycles. The maximum atomic E-state index is 7.22. The Bertz CT molecular complexity index is 3320. The molecular weight excluding hydrogens is 794 g/mol. The second-order valence-corrected chi connectivity index (χ2v) is 18.8. The highest BCUT2D eigenvalue weighted by molar-refractivity contribution is 8.09. The Morgan fingerprint density at radius 3 is 1.89 bits per heavy atom. The van der Waals surface area contributed by atoms with Crippen molar-refractivity contribution in [3.63, 3.8) is 0 Å². The van der Waals surface area contributed by atoms with E-state index in [1.807, 2.05) is 23.1 Å². The first-order valence-electron chi connectivity index (χ1n) is 21.3. The predicted octanol–water partition coefficient (Wildman–Crippen LogP) is 11.2. The second-order valence-electron chi connectivity index (χ2n) is 16.6. The lowest BCUT2D eigenvalue weighted by molar-refractivity contribution is 0.485. The number of ether oxygens (including phenoxy) is 2. The van der Waals surface area contributed by atoms with Gasteiger partial charge in [0.1, 0.15) is 23.0 Å². The van der Waals surface area contributed by atoms with Crippen molar-refractivity contribution in [2.75, 3.05) is 9.80 Å². The van der Waals surface area contributed by atoms with Crippen molar-refractivity contribution < 1.29 is 9.47 Å². The minimum Gasteiger partial charge on any atom is -0.458 e. The Hall–Kier alpha value is -6.86. The van der Waals surface area contributed by atoms with E-state index in [2.05, 4.69) is 204 Å². The SMILES string of the molecule is c1ccc(C2=C(c3ccccc3)C3B4c5sc6cc7c(cc6c5Oc5cccc(c54)N(c4ccccc4)C3S2)Oc2cccc3c2B7c2ccccc2N3c2ccccc2)cc1. The summed E-state index contributed by atoms with van der Waals surface area (Å²) >= 11 is 3.91. The lowest BCUT2D eigenvalue weighted by atomic mass is 9.32. The van der Waals surface area contributed by atoms with Crippen molar-refractivity contribution in [1.82, 2.24) is 0 Å². The van der Waals surface area contributed by atoms with E-state index in [-0.39, 0.29) is 24.6 Å². The van der Waals surface area contributed by atoms with Crippen LogP contribution in [0.4, 0.5) is 28.4 Å². The van der Waals surface area contributed by atoms with Gasteiger partial charge in [0.05, 0.1) is 5.37 Å². The summed E-state index contributed by atoms with van der Waals surface area (Å²) in [5, 5.41) is 1.21. The molecule has 0 fully saturated rings. The lowest BCUT2D eigenvalue weighted by Crippen LogP contribution is -2.59. The smallest absolute Gasteiger partial charge is 0.256 e. The van der Waals surface area contributed by atoms with Gasteiger partial charge < -0.3 is 19.3 Å². The van der Waals surface area contributed by atoms with Gasteiger partial charge in [-0.2, -0.15) is 0 Å². The zero-order valence-electron chi connectivity index (χ0n) is 33.3. The van der Waals surface area contributed by atoms with E-state index in [0.29, 0.717) is 0 Å². The van der Waals surface area contributed by atoms with Gasteiger partial charge in [-0.1, -0.05) is 139 Å². The number of thiophene rings is 1. The van der Waals surface area contributed by atoms with Crippen molar-refractivity contribution in [2.45, 2.75) is 11.2 Å². The Labute approximate surface area is 368 Å². The number of thioether (sulfide) groups is 1. The molecule has 8 heteroatoms. The van der Waals surface area contributed by atoms with Crippen LogP contribution in [0.1, 0.15) is 11.1 Å². The molecule has 8 aromatic carbocycles. The number of hydrogen-bond donors (Lipinski definition) is 0. The molecule has 9 aromatic rings. The van der Waals surface area contributed by atoms with Gasteiger partial charge in [0, 0.05) is 54.0 Å². The van der Waals surface area contributed by atoms with Gasteiger partial charge in [-0.15, -0.1) is 11.3 Å². The van der Waals surface area contributed by atoms with Crippen LogP contribution >= 0.6 is 23.1 Å². The van der Waals surface area contributed by atoms with E-state index in [1.165, 1.54) is 70.0 Å². The first kappa shape index (κ1) is 34.8. The zero-order valence-corrected chi connectivity index (χ0v) is 34.9. The summed E-state index contributed by atoms with van der Waals surface area (Å²) < 4.78 is 16.7. The molecule has 0 amide bonds. The van der Waals surface area contributed by atoms with Gasteiger partial charge in [0.15, 0.2) is 0 Å². The molecule has 5 aliphatic rings. The highest BCUT2D eigenvalue weighted by Crippen LogP contribution is 2.62. The number of hydrogen-bond acceptors (Lipinski definition) is 6. The topological polar surface area (TPSA) is 24.9 Å². The number of anilines is 5. The number of para-hydroxylation sites is 3. The van der Waals surface area contributed by atoms with Gasteiger partial charge >= 0.3 is 0 Å². The molecule has 62 heavy (non-hydrogen) atoms. The highest BCUT2D eigenvalue weighted by Gasteiger charge is 2.55. The van der Waals surface area contributed by atoms with Crippen LogP contribution < -0.4 is 45.9 Å². The van der Waals surface area contributed by atoms with E-state index in [4.69, 9.17) is 9.47 Å². The number of benzene rings is 8. The summed E-state index contributed by atoms with van der Waals surface area (Å²) in [4.78, 5) is 6.32. The van der Waals surface area contributed by atoms with Crippen molar-refractivity contribution in [3.8, 4) is 23.0 Å². The molecule has 5 aliphatic heterocycles. The minimum absolute atomic E-state index is 0.0140. The third kappa shape index (κ3) is 4.88. The molecule has 4 nitrogen and oxygen atoms in total. The largest absolute Gasteiger partial charge is 0.458 e. The van der Waals surface area contributed by atoms with Gasteiger partial charge in [0.25, 0.3) is 6.71 Å². The molecule has 14 rings (SSSR count). The summed E-state index contributed by atoms with van der Waals surface area (Å²) in [5.74, 6) is 3.81. The van der Waals surface area contributed by atoms with E-state index >= 15 is 0 Å². The maximum Gasteiger partial charge on any atom is 0.256 e. The Morgan fingerprint density at radius 2 is 1.13 bits per heavy atom. The third-order valence-corrected chi connectivity index (χ3v) is 16.1. The van der Waals surface area contributed by atoms with Crippen LogP contribution in [-0.4, -0.2) is 18.8 Å². The number of rotatable bonds is 4. The van der Waals surface area contributed by atoms with Crippen LogP contribution in [0.5, 0.6) is 23.0 Å². The standard InChI is InChI=1S/C54H34B2N2O2S2/c1-5-17-33(18-6-1)47-50-54(62-52(47)34-19-7-2-8-20-34)58(36-23-11-4-12-24-36)42-28-16-30-44-49(42)56(50)53-51(60-44)37-31-45-39(32-46(37)61-53)55-38-25-13-14-26-40(38)57(35-21-9-3-10-22-35)41-27-15-29-43(59-45)48(41)55/h1-32,50,54H. The fourth-order valence-corrected chi connectivity index (χ4v) is 14.0. The van der Waals surface area contributed by atoms with Crippen molar-refractivity contribution in [2.24, 2.45) is 0 Å². The Kier molecular flexibility index (Phi) is 7.48. The van der Waals surface area contributed by atoms with Crippen molar-refractivity contribution in [3.05, 3.63) is 205 Å². The van der Waals surface area contributed by atoms with E-state index in [1.54, 1.807) is 0 Å². The molecule has 0 bridgehead atoms. The minimum atomic E-state index is 0.0140. The van der Waals surface area contributed by atoms with Crippen LogP contribution in [0.2, 0.25) is 5.82 Å². The summed E-state index contributed by atoms with van der Waals surface area (Å²) in [7, 11) is 0. The zero-order chi connectivity index (χ0) is 40.5. The molecule has 6 heterocycles. The van der Waals surface area contributed by atoms with Crippen LogP contribution in [0, 0.1) is 0 Å². The molecule has 0 saturated heterocycles. The summed E-state index contributed by atoms with van der Waals surface area (Å²) in [6.07, 6.45) is 0.